The maximum Gasteiger partial charge on any atom is 0.322 e. The summed E-state index contributed by atoms with van der Waals surface area (Å²) in [7, 11) is 0. The number of nitrogens with one attached hydrogen (secondary N) is 5. The molecule has 0 rings (SSSR count). The SMILES string of the molecule is N[C@@H](CCC(=O)O)C(=O)N[C@@H](CC(=O)O)C(=O)NCC(=O)NCC(=O)N[C@@H](CC(=O)O)C(=O)NCC(=O)O. The van der Waals surface area contributed by atoms with Gasteiger partial charge in [-0.15, -0.1) is 0 Å². The van der Waals surface area contributed by atoms with Gasteiger partial charge in [0, 0.05) is 6.42 Å². The van der Waals surface area contributed by atoms with E-state index in [0.29, 0.717) is 0 Å². The smallest absolute Gasteiger partial charge is 0.322 e. The highest BCUT2D eigenvalue weighted by atomic mass is 16.4. The standard InChI is InChI=1S/C19H28N6O13/c20-8(1-2-13(28)29)17(36)25-10(4-15(32)33)19(38)22-5-11(26)21-6-12(27)24-9(3-14(30)31)18(37)23-7-16(34)35/h8-10H,1-7,20H2,(H,21,26)(H,22,38)(H,23,37)(H,24,27)(H,25,36)(H,28,29)(H,30,31)(H,32,33)(H,34,35)/t8-,9-,10-/m0/s1. The minimum atomic E-state index is -1.67. The number of carbonyl (C=O) groups excluding carboxylic acids is 5. The van der Waals surface area contributed by atoms with Crippen molar-refractivity contribution in [3.05, 3.63) is 0 Å². The minimum Gasteiger partial charge on any atom is -0.481 e. The first-order chi connectivity index (χ1) is 17.6. The van der Waals surface area contributed by atoms with Crippen LogP contribution in [0.1, 0.15) is 25.7 Å². The van der Waals surface area contributed by atoms with Crippen LogP contribution in [0.15, 0.2) is 0 Å². The van der Waals surface area contributed by atoms with E-state index in [-0.39, 0.29) is 6.42 Å². The van der Waals surface area contributed by atoms with Gasteiger partial charge in [0.25, 0.3) is 0 Å². The number of hydrogen-bond acceptors (Lipinski definition) is 10. The largest absolute Gasteiger partial charge is 0.481 e. The maximum absolute atomic E-state index is 12.3. The normalized spacial score (nSPS) is 12.6. The van der Waals surface area contributed by atoms with E-state index in [2.05, 4.69) is 0 Å². The van der Waals surface area contributed by atoms with E-state index in [9.17, 15) is 43.2 Å². The fraction of sp³-hybridized carbons (Fsp3) is 0.526. The number of aliphatic carboxylic acids is 4. The van der Waals surface area contributed by atoms with Crippen LogP contribution >= 0.6 is 0 Å². The lowest BCUT2D eigenvalue weighted by Crippen LogP contribution is -2.54. The van der Waals surface area contributed by atoms with Crippen molar-refractivity contribution in [1.29, 1.82) is 0 Å². The first kappa shape index (κ1) is 33.2. The summed E-state index contributed by atoms with van der Waals surface area (Å²) in [5.41, 5.74) is 5.50. The van der Waals surface area contributed by atoms with Crippen molar-refractivity contribution in [3.63, 3.8) is 0 Å². The molecule has 11 N–H and O–H groups in total. The quantitative estimate of drug-likeness (QED) is 0.0764. The first-order valence-corrected chi connectivity index (χ1v) is 10.7. The van der Waals surface area contributed by atoms with Crippen molar-refractivity contribution >= 4 is 53.4 Å². The number of carboxylic acids is 4. The highest BCUT2D eigenvalue weighted by Crippen LogP contribution is 1.99. The van der Waals surface area contributed by atoms with Crippen LogP contribution < -0.4 is 32.3 Å². The Morgan fingerprint density at radius 2 is 1.03 bits per heavy atom. The van der Waals surface area contributed by atoms with Gasteiger partial charge < -0.3 is 52.7 Å². The third-order valence-electron chi connectivity index (χ3n) is 4.33. The van der Waals surface area contributed by atoms with Gasteiger partial charge in [0.15, 0.2) is 0 Å². The third kappa shape index (κ3) is 15.2. The van der Waals surface area contributed by atoms with Crippen LogP contribution in [0.2, 0.25) is 0 Å². The predicted molar refractivity (Wildman–Crippen MR) is 120 cm³/mol. The second kappa shape index (κ2) is 16.8. The summed E-state index contributed by atoms with van der Waals surface area (Å²) >= 11 is 0. The monoisotopic (exact) mass is 548 g/mol. The van der Waals surface area contributed by atoms with Crippen LogP contribution in [-0.2, 0) is 43.2 Å². The number of carbonyl (C=O) groups is 9. The molecule has 0 radical (unpaired) electrons. The summed E-state index contributed by atoms with van der Waals surface area (Å²) in [6, 6.07) is -4.68. The minimum absolute atomic E-state index is 0.290. The molecule has 0 heterocycles. The highest BCUT2D eigenvalue weighted by Gasteiger charge is 2.27. The zero-order valence-electron chi connectivity index (χ0n) is 19.7. The van der Waals surface area contributed by atoms with Crippen LogP contribution in [0.3, 0.4) is 0 Å². The molecule has 0 aromatic heterocycles. The van der Waals surface area contributed by atoms with E-state index in [1.165, 1.54) is 0 Å². The van der Waals surface area contributed by atoms with Crippen LogP contribution in [0.4, 0.5) is 0 Å². The molecule has 38 heavy (non-hydrogen) atoms. The number of nitrogens with two attached hydrogens (primary N) is 1. The van der Waals surface area contributed by atoms with E-state index in [0.717, 1.165) is 0 Å². The molecule has 0 saturated carbocycles. The molecule has 0 spiro atoms. The second-order valence-corrected chi connectivity index (χ2v) is 7.52. The zero-order chi connectivity index (χ0) is 29.4. The number of rotatable bonds is 18. The Hall–Kier alpha value is -4.81. The van der Waals surface area contributed by atoms with E-state index in [4.69, 9.17) is 26.2 Å². The Morgan fingerprint density at radius 1 is 0.553 bits per heavy atom. The fourth-order valence-corrected chi connectivity index (χ4v) is 2.52. The van der Waals surface area contributed by atoms with Crippen molar-refractivity contribution in [1.82, 2.24) is 26.6 Å². The van der Waals surface area contributed by atoms with E-state index in [1.54, 1.807) is 0 Å². The van der Waals surface area contributed by atoms with Gasteiger partial charge in [-0.1, -0.05) is 0 Å². The molecule has 0 bridgehead atoms. The van der Waals surface area contributed by atoms with Gasteiger partial charge in [-0.2, -0.15) is 0 Å². The van der Waals surface area contributed by atoms with Crippen molar-refractivity contribution in [3.8, 4) is 0 Å². The molecule has 19 nitrogen and oxygen atoms in total. The molecule has 0 aromatic carbocycles. The summed E-state index contributed by atoms with van der Waals surface area (Å²) in [6.45, 7) is -2.41. The Bertz CT molecular complexity index is 953. The summed E-state index contributed by atoms with van der Waals surface area (Å²) in [5, 5.41) is 45.0. The molecular weight excluding hydrogens is 520 g/mol. The predicted octanol–water partition coefficient (Wildman–Crippen LogP) is -5.47. The molecule has 19 heteroatoms. The molecule has 0 aromatic rings. The molecule has 0 fully saturated rings. The highest BCUT2D eigenvalue weighted by molar-refractivity contribution is 5.95. The molecular formula is C19H28N6O13. The van der Waals surface area contributed by atoms with Crippen molar-refractivity contribution in [2.24, 2.45) is 5.73 Å². The fourth-order valence-electron chi connectivity index (χ4n) is 2.52. The van der Waals surface area contributed by atoms with Crippen molar-refractivity contribution in [2.45, 2.75) is 43.8 Å². The molecule has 0 aliphatic heterocycles. The molecule has 212 valence electrons. The van der Waals surface area contributed by atoms with Gasteiger partial charge in [0.05, 0.1) is 32.0 Å². The number of carboxylic acid groups (broad SMARTS) is 4. The summed E-state index contributed by atoms with van der Waals surface area (Å²) in [6.07, 6.45) is -2.54. The van der Waals surface area contributed by atoms with Crippen LogP contribution in [0, 0.1) is 0 Å². The maximum atomic E-state index is 12.3. The summed E-state index contributed by atoms with van der Waals surface area (Å²) < 4.78 is 0. The average molecular weight is 548 g/mol. The van der Waals surface area contributed by atoms with Crippen LogP contribution in [0.25, 0.3) is 0 Å². The molecule has 3 atom stereocenters. The van der Waals surface area contributed by atoms with Gasteiger partial charge in [-0.25, -0.2) is 0 Å². The van der Waals surface area contributed by atoms with Gasteiger partial charge in [0.1, 0.15) is 18.6 Å². The van der Waals surface area contributed by atoms with Gasteiger partial charge >= 0.3 is 23.9 Å². The van der Waals surface area contributed by atoms with E-state index in [1.807, 2.05) is 26.6 Å². The van der Waals surface area contributed by atoms with Crippen LogP contribution in [-0.4, -0.2) is 112 Å². The Morgan fingerprint density at radius 3 is 1.50 bits per heavy atom. The second-order valence-electron chi connectivity index (χ2n) is 7.52. The topological polar surface area (TPSA) is 321 Å². The lowest BCUT2D eigenvalue weighted by Gasteiger charge is -2.19. The lowest BCUT2D eigenvalue weighted by atomic mass is 10.1. The van der Waals surface area contributed by atoms with Gasteiger partial charge in [0.2, 0.25) is 29.5 Å². The summed E-state index contributed by atoms with van der Waals surface area (Å²) in [4.78, 5) is 103. The van der Waals surface area contributed by atoms with E-state index >= 15 is 0 Å². The molecule has 5 amide bonds. The Kier molecular flexibility index (Phi) is 14.7. The molecule has 0 aliphatic carbocycles. The zero-order valence-corrected chi connectivity index (χ0v) is 19.7. The van der Waals surface area contributed by atoms with Crippen LogP contribution in [0.5, 0.6) is 0 Å². The van der Waals surface area contributed by atoms with Gasteiger partial charge in [-0.05, 0) is 6.42 Å². The van der Waals surface area contributed by atoms with Gasteiger partial charge in [-0.3, -0.25) is 43.2 Å². The molecule has 0 saturated heterocycles. The summed E-state index contributed by atoms with van der Waals surface area (Å²) in [5.74, 6) is -10.8. The Labute approximate surface area is 213 Å². The Balaban J connectivity index is 4.83. The van der Waals surface area contributed by atoms with Crippen molar-refractivity contribution < 1.29 is 63.6 Å². The van der Waals surface area contributed by atoms with E-state index < -0.39 is 110 Å². The number of hydrogen-bond donors (Lipinski definition) is 10. The average Bonchev–Trinajstić information content (AvgIpc) is 2.81. The first-order valence-electron chi connectivity index (χ1n) is 10.7. The number of amides is 5. The third-order valence-corrected chi connectivity index (χ3v) is 4.33. The molecule has 0 unspecified atom stereocenters. The lowest BCUT2D eigenvalue weighted by molar-refractivity contribution is -0.142. The molecule has 0 aliphatic rings. The van der Waals surface area contributed by atoms with Crippen molar-refractivity contribution in [2.75, 3.05) is 19.6 Å².